The Morgan fingerprint density at radius 1 is 1.07 bits per heavy atom. The highest BCUT2D eigenvalue weighted by Gasteiger charge is 2.24. The fraction of sp³-hybridized carbons (Fsp3) is 0.211. The molecule has 28 heavy (non-hydrogen) atoms. The molecule has 0 unspecified atom stereocenters. The number of halogens is 2. The number of hydrogen-bond acceptors (Lipinski definition) is 6. The molecule has 7 nitrogen and oxygen atoms in total. The van der Waals surface area contributed by atoms with Crippen molar-refractivity contribution in [3.8, 4) is 0 Å². The zero-order valence-electron chi connectivity index (χ0n) is 14.8. The molecule has 1 fully saturated rings. The SMILES string of the molecule is O=C(c1ccco1)N1CCN(c2ccnc(Nc3ccc(F)c(F)c3)n2)CC1. The van der Waals surface area contributed by atoms with Gasteiger partial charge >= 0.3 is 0 Å². The number of carbonyl (C=O) groups is 1. The van der Waals surface area contributed by atoms with Crippen molar-refractivity contribution < 1.29 is 18.0 Å². The van der Waals surface area contributed by atoms with E-state index in [1.54, 1.807) is 29.3 Å². The first kappa shape index (κ1) is 17.9. The van der Waals surface area contributed by atoms with Gasteiger partial charge in [0.2, 0.25) is 5.95 Å². The van der Waals surface area contributed by atoms with Crippen LogP contribution in [-0.2, 0) is 0 Å². The Kier molecular flexibility index (Phi) is 4.88. The van der Waals surface area contributed by atoms with Crippen LogP contribution in [0.1, 0.15) is 10.6 Å². The van der Waals surface area contributed by atoms with Gasteiger partial charge in [0.15, 0.2) is 17.4 Å². The first-order chi connectivity index (χ1) is 13.6. The Morgan fingerprint density at radius 2 is 1.89 bits per heavy atom. The zero-order valence-corrected chi connectivity index (χ0v) is 14.8. The molecule has 1 aliphatic heterocycles. The number of hydrogen-bond donors (Lipinski definition) is 1. The third-order valence-electron chi connectivity index (χ3n) is 4.44. The molecule has 4 rings (SSSR count). The first-order valence-corrected chi connectivity index (χ1v) is 8.73. The average molecular weight is 385 g/mol. The molecule has 1 aromatic carbocycles. The van der Waals surface area contributed by atoms with E-state index >= 15 is 0 Å². The highest BCUT2D eigenvalue weighted by molar-refractivity contribution is 5.91. The molecule has 0 radical (unpaired) electrons. The maximum absolute atomic E-state index is 13.4. The maximum atomic E-state index is 13.4. The molecule has 1 aliphatic rings. The topological polar surface area (TPSA) is 74.5 Å². The first-order valence-electron chi connectivity index (χ1n) is 8.73. The Labute approximate surface area is 159 Å². The third-order valence-corrected chi connectivity index (χ3v) is 4.44. The van der Waals surface area contributed by atoms with E-state index in [-0.39, 0.29) is 11.9 Å². The summed E-state index contributed by atoms with van der Waals surface area (Å²) in [4.78, 5) is 24.6. The molecule has 144 valence electrons. The van der Waals surface area contributed by atoms with E-state index < -0.39 is 11.6 Å². The molecule has 1 amide bonds. The second-order valence-electron chi connectivity index (χ2n) is 6.25. The highest BCUT2D eigenvalue weighted by Crippen LogP contribution is 2.20. The van der Waals surface area contributed by atoms with Crippen LogP contribution < -0.4 is 10.2 Å². The quantitative estimate of drug-likeness (QED) is 0.744. The van der Waals surface area contributed by atoms with Crippen LogP contribution in [0.15, 0.2) is 53.3 Å². The molecule has 0 aliphatic carbocycles. The predicted molar refractivity (Wildman–Crippen MR) is 98.5 cm³/mol. The van der Waals surface area contributed by atoms with Gasteiger partial charge in [-0.05, 0) is 30.3 Å². The molecule has 1 saturated heterocycles. The minimum absolute atomic E-state index is 0.131. The van der Waals surface area contributed by atoms with Crippen molar-refractivity contribution in [2.45, 2.75) is 0 Å². The van der Waals surface area contributed by atoms with Crippen molar-refractivity contribution in [3.63, 3.8) is 0 Å². The summed E-state index contributed by atoms with van der Waals surface area (Å²) in [6.45, 7) is 2.28. The van der Waals surface area contributed by atoms with Crippen LogP contribution in [0.4, 0.5) is 26.2 Å². The summed E-state index contributed by atoms with van der Waals surface area (Å²) in [6.07, 6.45) is 3.07. The number of anilines is 3. The van der Waals surface area contributed by atoms with Crippen LogP contribution in [0.5, 0.6) is 0 Å². The summed E-state index contributed by atoms with van der Waals surface area (Å²) in [5, 5.41) is 2.86. The van der Waals surface area contributed by atoms with Gasteiger partial charge in [-0.3, -0.25) is 4.79 Å². The van der Waals surface area contributed by atoms with Crippen LogP contribution in [0.25, 0.3) is 0 Å². The normalized spacial score (nSPS) is 14.2. The Hall–Kier alpha value is -3.49. The zero-order chi connectivity index (χ0) is 19.5. The van der Waals surface area contributed by atoms with E-state index in [0.29, 0.717) is 43.4 Å². The van der Waals surface area contributed by atoms with Crippen molar-refractivity contribution in [1.82, 2.24) is 14.9 Å². The van der Waals surface area contributed by atoms with Crippen LogP contribution in [0, 0.1) is 11.6 Å². The lowest BCUT2D eigenvalue weighted by Crippen LogP contribution is -2.49. The Balaban J connectivity index is 1.41. The van der Waals surface area contributed by atoms with Gasteiger partial charge in [0.1, 0.15) is 5.82 Å². The summed E-state index contributed by atoms with van der Waals surface area (Å²) in [7, 11) is 0. The molecule has 0 bridgehead atoms. The summed E-state index contributed by atoms with van der Waals surface area (Å²) in [6, 6.07) is 8.59. The highest BCUT2D eigenvalue weighted by atomic mass is 19.2. The fourth-order valence-electron chi connectivity index (χ4n) is 2.98. The molecular formula is C19H17F2N5O2. The smallest absolute Gasteiger partial charge is 0.289 e. The Morgan fingerprint density at radius 3 is 2.61 bits per heavy atom. The van der Waals surface area contributed by atoms with Crippen molar-refractivity contribution in [1.29, 1.82) is 0 Å². The van der Waals surface area contributed by atoms with Crippen molar-refractivity contribution in [3.05, 3.63) is 66.3 Å². The lowest BCUT2D eigenvalue weighted by atomic mass is 10.3. The van der Waals surface area contributed by atoms with Crippen LogP contribution in [0.3, 0.4) is 0 Å². The number of piperazine rings is 1. The van der Waals surface area contributed by atoms with E-state index in [2.05, 4.69) is 15.3 Å². The molecular weight excluding hydrogens is 368 g/mol. The minimum atomic E-state index is -0.946. The number of aromatic nitrogens is 2. The van der Waals surface area contributed by atoms with Crippen LogP contribution in [-0.4, -0.2) is 47.0 Å². The molecule has 0 atom stereocenters. The summed E-state index contributed by atoms with van der Waals surface area (Å²) in [5.74, 6) is -0.704. The van der Waals surface area contributed by atoms with Gasteiger partial charge in [-0.25, -0.2) is 13.8 Å². The van der Waals surface area contributed by atoms with Gasteiger partial charge in [0.25, 0.3) is 5.91 Å². The molecule has 9 heteroatoms. The number of benzene rings is 1. The van der Waals surface area contributed by atoms with Gasteiger partial charge in [-0.15, -0.1) is 0 Å². The van der Waals surface area contributed by atoms with Crippen molar-refractivity contribution in [2.75, 3.05) is 36.4 Å². The standard InChI is InChI=1S/C19H17F2N5O2/c20-14-4-3-13(12-15(14)21)23-19-22-6-5-17(24-19)25-7-9-26(10-8-25)18(27)16-2-1-11-28-16/h1-6,11-12H,7-10H2,(H,22,23,24). The number of furan rings is 1. The third kappa shape index (κ3) is 3.78. The second-order valence-corrected chi connectivity index (χ2v) is 6.25. The second kappa shape index (κ2) is 7.63. The van der Waals surface area contributed by atoms with Gasteiger partial charge in [-0.1, -0.05) is 0 Å². The number of nitrogens with zero attached hydrogens (tertiary/aromatic N) is 4. The molecule has 3 heterocycles. The van der Waals surface area contributed by atoms with E-state index in [1.807, 2.05) is 4.90 Å². The minimum Gasteiger partial charge on any atom is -0.459 e. The molecule has 2 aromatic heterocycles. The summed E-state index contributed by atoms with van der Waals surface area (Å²) >= 11 is 0. The predicted octanol–water partition coefficient (Wildman–Crippen LogP) is 3.05. The summed E-state index contributed by atoms with van der Waals surface area (Å²) < 4.78 is 31.6. The number of rotatable bonds is 4. The molecule has 0 spiro atoms. The van der Waals surface area contributed by atoms with Gasteiger partial charge in [0.05, 0.1) is 6.26 Å². The van der Waals surface area contributed by atoms with E-state index in [1.165, 1.54) is 12.3 Å². The lowest BCUT2D eigenvalue weighted by molar-refractivity contribution is 0.0714. The van der Waals surface area contributed by atoms with Crippen LogP contribution >= 0.6 is 0 Å². The number of nitrogens with one attached hydrogen (secondary N) is 1. The van der Waals surface area contributed by atoms with Gasteiger partial charge in [-0.2, -0.15) is 4.98 Å². The number of carbonyl (C=O) groups excluding carboxylic acids is 1. The molecule has 1 N–H and O–H groups in total. The van der Waals surface area contributed by atoms with E-state index in [4.69, 9.17) is 4.42 Å². The lowest BCUT2D eigenvalue weighted by Gasteiger charge is -2.35. The molecule has 0 saturated carbocycles. The average Bonchev–Trinajstić information content (AvgIpc) is 3.25. The van der Waals surface area contributed by atoms with Gasteiger partial charge < -0.3 is 19.5 Å². The van der Waals surface area contributed by atoms with Crippen LogP contribution in [0.2, 0.25) is 0 Å². The fourth-order valence-corrected chi connectivity index (χ4v) is 2.98. The largest absolute Gasteiger partial charge is 0.459 e. The maximum Gasteiger partial charge on any atom is 0.289 e. The van der Waals surface area contributed by atoms with E-state index in [0.717, 1.165) is 12.1 Å². The molecule has 3 aromatic rings. The van der Waals surface area contributed by atoms with Crippen molar-refractivity contribution in [2.24, 2.45) is 0 Å². The number of amides is 1. The monoisotopic (exact) mass is 385 g/mol. The van der Waals surface area contributed by atoms with E-state index in [9.17, 15) is 13.6 Å². The van der Waals surface area contributed by atoms with Gasteiger partial charge in [0, 0.05) is 44.1 Å². The van der Waals surface area contributed by atoms with Crippen molar-refractivity contribution >= 4 is 23.4 Å². The Bertz CT molecular complexity index is 972. The summed E-state index contributed by atoms with van der Waals surface area (Å²) in [5.41, 5.74) is 0.352.